The molecule has 150 heavy (non-hydrogen) atoms. The molecule has 51 heteroatoms. The predicted octanol–water partition coefficient (Wildman–Crippen LogP) is 19.8. The molecule has 12 N–H and O–H groups in total. The molecule has 1 unspecified atom stereocenters. The zero-order valence-electron chi connectivity index (χ0n) is 79.9. The maximum atomic E-state index is 15.3. The van der Waals surface area contributed by atoms with Crippen molar-refractivity contribution in [3.8, 4) is 34.2 Å². The van der Waals surface area contributed by atoms with Crippen LogP contribution in [0, 0.1) is 11.8 Å². The number of anilines is 4. The second-order valence-electron chi connectivity index (χ2n) is 34.8. The molecule has 4 fully saturated rings. The lowest BCUT2D eigenvalue weighted by Crippen LogP contribution is -2.31. The van der Waals surface area contributed by atoms with Crippen LogP contribution >= 0.6 is 83.5 Å². The summed E-state index contributed by atoms with van der Waals surface area (Å²) in [6, 6.07) is 76.5. The number of nitrogens with one attached hydrogen (secondary N) is 4. The fourth-order valence-corrected chi connectivity index (χ4v) is 28.3. The van der Waals surface area contributed by atoms with E-state index in [-0.39, 0.29) is 42.4 Å². The van der Waals surface area contributed by atoms with Gasteiger partial charge in [-0.25, -0.2) is 67.4 Å². The standard InChI is InChI=1S/C25H26FN5O.C24H26FN5O8P2.C23H22FN5O3.C19H21ClFN5O.C6H7BO2.CH2Cl4O2P2.CH4/c1-3-19-16(2)20(26)25(32-19)31-15-28-21-23(27-14-17-10-6-4-7-11-17)29-22(30-24(21)31)18-12-8-5-9-13-18;25-18-20(31)17(12-37-40(35,36)14-39(32,33)34)38-24(18)30-13-27-19-22(26-11-15-7-3-1-4-8-15)28-21(29-23(19)30)16-9-5-2-6-10-16;24-17-19(31)16(12-30)32-23(17)29-13-26-18-21(25-11-14-7-3-1-4-8-14)27-20(28-22(18)29)15-9-5-2-6-10-15;1-3-13-11(2)14(21)18(27-13)26-10-23-15-16(24-19(20)25-17(15)26)22-9-12-7-5-4-6-8-12;8-7(9)6-4-2-1-3-5-6;2-8(3,6)1-9(4,5)7;/h4-13,15-16,19-20,25H,3,14H2,1-2H3,(H,27,29,30);1-10,13,17-18,20,24,31H,11-12,14H2,(H,35,36)(H,26,28,29)(H2,32,33,34);1-10,13,16-17,19,23,30-31H,11-12H2,(H,25,27,28);4-8,10-11,13-14,18H,3,9H2,1-2H3,(H,22,24,25);1-5,8-9H;1H2;1H4/t16-,19-,20+,25-;17-,18+,20-,24-;16-,17+,19-,23-;11-,13-,14+,18-;;;/m1111.../s1. The van der Waals surface area contributed by atoms with Crippen molar-refractivity contribution in [1.29, 1.82) is 0 Å². The Morgan fingerprint density at radius 3 is 0.927 bits per heavy atom. The van der Waals surface area contributed by atoms with Gasteiger partial charge in [0.15, 0.2) is 141 Å². The van der Waals surface area contributed by atoms with Crippen LogP contribution in [-0.4, -0.2) is 212 Å². The summed E-state index contributed by atoms with van der Waals surface area (Å²) in [6.45, 7) is 8.61. The number of aromatic nitrogens is 16. The molecule has 0 aliphatic carbocycles. The summed E-state index contributed by atoms with van der Waals surface area (Å²) >= 11 is 26.1. The molecule has 12 heterocycles. The largest absolute Gasteiger partial charge is 0.488 e. The summed E-state index contributed by atoms with van der Waals surface area (Å²) < 4.78 is 138. The molecular formula is C99H108BCl5F4N20O17P4. The summed E-state index contributed by atoms with van der Waals surface area (Å²) in [7, 11) is -10.9. The van der Waals surface area contributed by atoms with Crippen molar-refractivity contribution < 1.29 is 99.3 Å². The van der Waals surface area contributed by atoms with E-state index in [1.165, 1.54) is 21.8 Å². The monoisotopic (exact) mass is 2230 g/mol. The van der Waals surface area contributed by atoms with E-state index in [1.54, 1.807) is 46.1 Å². The van der Waals surface area contributed by atoms with Crippen molar-refractivity contribution in [1.82, 2.24) is 78.1 Å². The Labute approximate surface area is 883 Å². The highest BCUT2D eigenvalue weighted by Crippen LogP contribution is 2.72. The number of halogens is 9. The molecule has 792 valence electrons. The maximum absolute atomic E-state index is 15.3. The Morgan fingerprint density at radius 1 is 0.387 bits per heavy atom. The number of nitrogens with zero attached hydrogens (tertiary/aromatic N) is 16. The average molecular weight is 2240 g/mol. The first-order valence-corrected chi connectivity index (χ1v) is 58.2. The number of hydrogen-bond donors (Lipinski definition) is 12. The molecule has 0 amide bonds. The van der Waals surface area contributed by atoms with Crippen LogP contribution in [0.1, 0.15) is 95.1 Å². The molecule has 16 aromatic rings. The van der Waals surface area contributed by atoms with Crippen molar-refractivity contribution in [2.24, 2.45) is 11.8 Å². The fourth-order valence-electron chi connectivity index (χ4n) is 16.6. The van der Waals surface area contributed by atoms with Gasteiger partial charge in [0.25, 0.3) is 11.7 Å². The number of ether oxygens (including phenoxy) is 4. The van der Waals surface area contributed by atoms with E-state index in [2.05, 4.69) is 83.2 Å². The van der Waals surface area contributed by atoms with Crippen LogP contribution in [-0.2, 0) is 67.9 Å². The third-order valence-corrected chi connectivity index (χ3v) is 34.3. The van der Waals surface area contributed by atoms with Gasteiger partial charge in [-0.3, -0.25) is 36.5 Å². The molecule has 0 spiro atoms. The van der Waals surface area contributed by atoms with E-state index in [1.807, 2.05) is 234 Å². The summed E-state index contributed by atoms with van der Waals surface area (Å²) in [6.07, 6.45) is -8.63. The summed E-state index contributed by atoms with van der Waals surface area (Å²) in [5.41, 5.74) is 10.7. The highest BCUT2D eigenvalue weighted by Gasteiger charge is 2.50. The van der Waals surface area contributed by atoms with Gasteiger partial charge in [0.1, 0.15) is 30.3 Å². The van der Waals surface area contributed by atoms with Crippen LogP contribution in [0.4, 0.5) is 40.8 Å². The number of alkyl halides is 4. The zero-order chi connectivity index (χ0) is 106. The first-order chi connectivity index (χ1) is 71.4. The Morgan fingerprint density at radius 2 is 0.660 bits per heavy atom. The molecule has 0 radical (unpaired) electrons. The van der Waals surface area contributed by atoms with E-state index < -0.39 is 133 Å². The van der Waals surface area contributed by atoms with Gasteiger partial charge in [-0.05, 0) is 97.1 Å². The summed E-state index contributed by atoms with van der Waals surface area (Å²) in [5.74, 6) is -5.71. The second kappa shape index (κ2) is 51.9. The molecule has 8 aromatic heterocycles. The average Bonchev–Trinajstić information content (AvgIpc) is 1.62. The molecule has 8 aromatic carbocycles. The van der Waals surface area contributed by atoms with Gasteiger partial charge < -0.3 is 84.8 Å². The highest BCUT2D eigenvalue weighted by molar-refractivity contribution is 8.21. The number of fused-ring (bicyclic) bond motifs is 4. The number of rotatable bonds is 30. The Kier molecular flexibility index (Phi) is 39.6. The highest BCUT2D eigenvalue weighted by atomic mass is 35.9. The van der Waals surface area contributed by atoms with Crippen LogP contribution in [0.2, 0.25) is 5.28 Å². The fraction of sp³-hybridized carbons (Fsp3) is 0.313. The normalized spacial score (nSPS) is 21.8. The summed E-state index contributed by atoms with van der Waals surface area (Å²) in [5, 5.41) is 60.3. The van der Waals surface area contributed by atoms with Gasteiger partial charge in [-0.1, -0.05) is 278 Å². The SMILES string of the molecule is C.CC[C@H]1O[C@@H](n2cnc3c(NCc4ccccc4)nc(-c4ccccc4)nc32)[C@@H](F)[C@@H]1C.CC[C@H]1O[C@@H](n2cnc3c(NCc4ccccc4)nc(Cl)nc32)[C@@H](F)[C@@H]1C.O=P(Cl)(Cl)CP(=O)(Cl)Cl.O=P(O)(O)CP(=O)(O)OC[C@H]1O[C@@H](n2cnc3c(NCc4ccccc4)nc(-c4ccccc4)nc32)[C@@H](F)[C@@H]1O.OB(O)c1ccccc1.OC[C@H]1O[C@@H](n2cnc3c(NCc4ccccc4)nc(-c4ccccc4)nc32)[C@@H](F)[C@@H]1O. The van der Waals surface area contributed by atoms with Gasteiger partial charge in [0, 0.05) is 54.7 Å². The van der Waals surface area contributed by atoms with E-state index in [4.69, 9.17) is 110 Å². The molecule has 17 atom stereocenters. The molecule has 20 rings (SSSR count). The number of benzene rings is 8. The lowest BCUT2D eigenvalue weighted by molar-refractivity contribution is -0.0459. The van der Waals surface area contributed by atoms with Crippen molar-refractivity contribution >= 4 is 164 Å². The van der Waals surface area contributed by atoms with Crippen LogP contribution in [0.15, 0.2) is 268 Å². The van der Waals surface area contributed by atoms with E-state index in [9.17, 15) is 47.3 Å². The van der Waals surface area contributed by atoms with Gasteiger partial charge in [-0.2, -0.15) is 9.97 Å². The molecule has 37 nitrogen and oxygen atoms in total. The maximum Gasteiger partial charge on any atom is 0.488 e. The zero-order valence-corrected chi connectivity index (χ0v) is 87.2. The van der Waals surface area contributed by atoms with E-state index in [0.29, 0.717) is 117 Å². The van der Waals surface area contributed by atoms with Crippen molar-refractivity contribution in [3.05, 3.63) is 296 Å². The quantitative estimate of drug-likeness (QED) is 0.00861. The minimum atomic E-state index is -4.86. The lowest BCUT2D eigenvalue weighted by atomic mass is 9.81. The van der Waals surface area contributed by atoms with Crippen LogP contribution in [0.5, 0.6) is 0 Å². The number of imidazole rings is 4. The van der Waals surface area contributed by atoms with Crippen molar-refractivity contribution in [2.45, 2.75) is 160 Å². The first kappa shape index (κ1) is 114. The second-order valence-corrected chi connectivity index (χ2v) is 50.2. The number of hydrogen-bond acceptors (Lipinski definition) is 30. The minimum Gasteiger partial charge on any atom is -0.423 e. The van der Waals surface area contributed by atoms with Crippen LogP contribution in [0.25, 0.3) is 78.8 Å². The molecule has 4 aliphatic heterocycles. The Bertz CT molecular complexity index is 7110. The van der Waals surface area contributed by atoms with Crippen LogP contribution in [0.3, 0.4) is 0 Å². The molecule has 0 saturated carbocycles. The van der Waals surface area contributed by atoms with Gasteiger partial charge in [0.05, 0.1) is 50.7 Å². The topological polar surface area (TPSA) is 499 Å². The van der Waals surface area contributed by atoms with Crippen LogP contribution < -0.4 is 26.7 Å². The molecular weight excluding hydrogens is 2130 g/mol. The Balaban J connectivity index is 0.000000149. The van der Waals surface area contributed by atoms with Crippen molar-refractivity contribution in [3.63, 3.8) is 0 Å². The smallest absolute Gasteiger partial charge is 0.423 e. The summed E-state index contributed by atoms with van der Waals surface area (Å²) in [4.78, 5) is 82.0. The number of aliphatic hydroxyl groups excluding tert-OH is 3. The molecule has 4 aliphatic rings. The van der Waals surface area contributed by atoms with E-state index in [0.717, 1.165) is 46.2 Å². The Hall–Kier alpha value is -11.2. The van der Waals surface area contributed by atoms with Gasteiger partial charge in [-0.15, -0.1) is 0 Å². The lowest BCUT2D eigenvalue weighted by Gasteiger charge is -2.18. The predicted molar refractivity (Wildman–Crippen MR) is 570 cm³/mol. The third kappa shape index (κ3) is 29.4. The molecule has 0 bridgehead atoms. The first-order valence-electron chi connectivity index (χ1n) is 46.9. The van der Waals surface area contributed by atoms with Gasteiger partial charge >= 0.3 is 22.3 Å². The third-order valence-electron chi connectivity index (χ3n) is 24.2. The molecule has 4 saturated heterocycles. The van der Waals surface area contributed by atoms with Gasteiger partial charge in [0.2, 0.25) is 5.28 Å². The number of aliphatic hydroxyl groups is 3. The van der Waals surface area contributed by atoms with E-state index >= 15 is 8.78 Å². The minimum absolute atomic E-state index is 0. The van der Waals surface area contributed by atoms with Crippen molar-refractivity contribution in [2.75, 3.05) is 46.3 Å².